The zero-order valence-corrected chi connectivity index (χ0v) is 12.7. The molecule has 1 aromatic carbocycles. The summed E-state index contributed by atoms with van der Waals surface area (Å²) in [6.07, 6.45) is 1.26. The Morgan fingerprint density at radius 1 is 1.27 bits per heavy atom. The number of aliphatic carboxylic acids is 1. The minimum Gasteiger partial charge on any atom is -0.484 e. The second-order valence-corrected chi connectivity index (χ2v) is 5.59. The molecule has 0 aromatic heterocycles. The van der Waals surface area contributed by atoms with Gasteiger partial charge >= 0.3 is 5.97 Å². The molecule has 1 saturated heterocycles. The number of hydrogen-bond donors (Lipinski definition) is 2. The standard InChI is InChI=1S/C16H22N2O4/c1-12-2-4-14(5-3-12)22-10-15(19)17-11-18-8-6-13(7-9-18)16(20)21/h2-5,13H,6-11H2,1H3,(H,17,19)(H,20,21). The quantitative estimate of drug-likeness (QED) is 0.827. The Morgan fingerprint density at radius 2 is 1.91 bits per heavy atom. The van der Waals surface area contributed by atoms with Crippen LogP contribution in [0.1, 0.15) is 18.4 Å². The summed E-state index contributed by atoms with van der Waals surface area (Å²) in [4.78, 5) is 24.6. The van der Waals surface area contributed by atoms with Crippen molar-refractivity contribution >= 4 is 11.9 Å². The molecule has 1 fully saturated rings. The van der Waals surface area contributed by atoms with E-state index >= 15 is 0 Å². The van der Waals surface area contributed by atoms with Gasteiger partial charge in [-0.25, -0.2) is 0 Å². The Kier molecular flexibility index (Phi) is 5.77. The van der Waals surface area contributed by atoms with E-state index in [1.165, 1.54) is 0 Å². The van der Waals surface area contributed by atoms with Gasteiger partial charge in [-0.1, -0.05) is 17.7 Å². The average molecular weight is 306 g/mol. The summed E-state index contributed by atoms with van der Waals surface area (Å²) in [5.41, 5.74) is 1.14. The van der Waals surface area contributed by atoms with Crippen LogP contribution in [0.15, 0.2) is 24.3 Å². The number of carboxylic acid groups (broad SMARTS) is 1. The van der Waals surface area contributed by atoms with Gasteiger partial charge in [-0.15, -0.1) is 0 Å². The van der Waals surface area contributed by atoms with Crippen LogP contribution in [0.25, 0.3) is 0 Å². The van der Waals surface area contributed by atoms with Gasteiger partial charge < -0.3 is 15.2 Å². The molecule has 0 unspecified atom stereocenters. The summed E-state index contributed by atoms with van der Waals surface area (Å²) in [5.74, 6) is -0.490. The molecule has 0 aliphatic carbocycles. The van der Waals surface area contributed by atoms with Gasteiger partial charge in [0.25, 0.3) is 5.91 Å². The largest absolute Gasteiger partial charge is 0.484 e. The number of aryl methyl sites for hydroxylation is 1. The van der Waals surface area contributed by atoms with Crippen molar-refractivity contribution < 1.29 is 19.4 Å². The second-order valence-electron chi connectivity index (χ2n) is 5.59. The highest BCUT2D eigenvalue weighted by molar-refractivity contribution is 5.77. The fraction of sp³-hybridized carbons (Fsp3) is 0.500. The number of carbonyl (C=O) groups excluding carboxylic acids is 1. The Bertz CT molecular complexity index is 507. The van der Waals surface area contributed by atoms with E-state index in [1.54, 1.807) is 0 Å². The Hall–Kier alpha value is -2.08. The molecule has 0 atom stereocenters. The minimum atomic E-state index is -0.727. The highest BCUT2D eigenvalue weighted by Crippen LogP contribution is 2.16. The maximum absolute atomic E-state index is 11.7. The van der Waals surface area contributed by atoms with Gasteiger partial charge in [-0.05, 0) is 31.9 Å². The molecular weight excluding hydrogens is 284 g/mol. The van der Waals surface area contributed by atoms with E-state index in [-0.39, 0.29) is 18.4 Å². The molecule has 0 spiro atoms. The first-order valence-corrected chi connectivity index (χ1v) is 7.46. The number of rotatable bonds is 6. The van der Waals surface area contributed by atoms with Gasteiger partial charge in [0.15, 0.2) is 6.61 Å². The number of piperidine rings is 1. The first-order chi connectivity index (χ1) is 10.5. The van der Waals surface area contributed by atoms with Crippen LogP contribution in [0.3, 0.4) is 0 Å². The molecule has 22 heavy (non-hydrogen) atoms. The maximum atomic E-state index is 11.7. The van der Waals surface area contributed by atoms with Crippen LogP contribution in [0.4, 0.5) is 0 Å². The van der Waals surface area contributed by atoms with Gasteiger partial charge in [-0.2, -0.15) is 0 Å². The fourth-order valence-corrected chi connectivity index (χ4v) is 2.37. The number of hydrogen-bond acceptors (Lipinski definition) is 4. The van der Waals surface area contributed by atoms with Crippen LogP contribution in [0.5, 0.6) is 5.75 Å². The molecule has 1 aromatic rings. The van der Waals surface area contributed by atoms with Crippen molar-refractivity contribution in [3.05, 3.63) is 29.8 Å². The van der Waals surface area contributed by atoms with Crippen molar-refractivity contribution in [1.82, 2.24) is 10.2 Å². The van der Waals surface area contributed by atoms with E-state index in [0.717, 1.165) is 5.56 Å². The van der Waals surface area contributed by atoms with Gasteiger partial charge in [0.2, 0.25) is 0 Å². The first kappa shape index (κ1) is 16.3. The third-order valence-corrected chi connectivity index (χ3v) is 3.83. The van der Waals surface area contributed by atoms with E-state index < -0.39 is 5.97 Å². The molecule has 6 nitrogen and oxygen atoms in total. The van der Waals surface area contributed by atoms with Crippen molar-refractivity contribution in [3.8, 4) is 5.75 Å². The summed E-state index contributed by atoms with van der Waals surface area (Å²) < 4.78 is 5.40. The number of ether oxygens (including phenoxy) is 1. The molecule has 120 valence electrons. The number of nitrogens with one attached hydrogen (secondary N) is 1. The normalized spacial score (nSPS) is 16.2. The second kappa shape index (κ2) is 7.79. The Balaban J connectivity index is 1.64. The molecule has 2 N–H and O–H groups in total. The smallest absolute Gasteiger partial charge is 0.306 e. The van der Waals surface area contributed by atoms with Crippen molar-refractivity contribution in [1.29, 1.82) is 0 Å². The predicted molar refractivity (Wildman–Crippen MR) is 81.6 cm³/mol. The highest BCUT2D eigenvalue weighted by atomic mass is 16.5. The Labute approximate surface area is 130 Å². The summed E-state index contributed by atoms with van der Waals surface area (Å²) in [6.45, 7) is 3.78. The molecule has 0 radical (unpaired) electrons. The van der Waals surface area contributed by atoms with Crippen LogP contribution in [-0.4, -0.2) is 48.2 Å². The lowest BCUT2D eigenvalue weighted by Gasteiger charge is -2.29. The van der Waals surface area contributed by atoms with Crippen LogP contribution in [0, 0.1) is 12.8 Å². The van der Waals surface area contributed by atoms with Crippen LogP contribution in [-0.2, 0) is 9.59 Å². The monoisotopic (exact) mass is 306 g/mol. The third-order valence-electron chi connectivity index (χ3n) is 3.83. The van der Waals surface area contributed by atoms with Crippen LogP contribution < -0.4 is 10.1 Å². The number of amides is 1. The summed E-state index contributed by atoms with van der Waals surface area (Å²) in [5, 5.41) is 11.7. The van der Waals surface area contributed by atoms with E-state index in [0.29, 0.717) is 38.3 Å². The van der Waals surface area contributed by atoms with E-state index in [2.05, 4.69) is 5.32 Å². The Morgan fingerprint density at radius 3 is 2.50 bits per heavy atom. The summed E-state index contributed by atoms with van der Waals surface area (Å²) in [7, 11) is 0. The zero-order valence-electron chi connectivity index (χ0n) is 12.7. The van der Waals surface area contributed by atoms with Gasteiger partial charge in [-0.3, -0.25) is 14.5 Å². The minimum absolute atomic E-state index is 0.0192. The van der Waals surface area contributed by atoms with Crippen molar-refractivity contribution in [2.45, 2.75) is 19.8 Å². The molecule has 1 aliphatic heterocycles. The molecule has 1 heterocycles. The number of carbonyl (C=O) groups is 2. The van der Waals surface area contributed by atoms with Gasteiger partial charge in [0, 0.05) is 13.1 Å². The SMILES string of the molecule is Cc1ccc(OCC(=O)NCN2CCC(C(=O)O)CC2)cc1. The lowest BCUT2D eigenvalue weighted by molar-refractivity contribution is -0.143. The summed E-state index contributed by atoms with van der Waals surface area (Å²) in [6, 6.07) is 7.53. The van der Waals surface area contributed by atoms with Gasteiger partial charge in [0.1, 0.15) is 5.75 Å². The van der Waals surface area contributed by atoms with E-state index in [1.807, 2.05) is 36.1 Å². The molecule has 0 bridgehead atoms. The van der Waals surface area contributed by atoms with Crippen LogP contribution >= 0.6 is 0 Å². The van der Waals surface area contributed by atoms with Gasteiger partial charge in [0.05, 0.1) is 12.6 Å². The fourth-order valence-electron chi connectivity index (χ4n) is 2.37. The molecule has 1 aliphatic rings. The van der Waals surface area contributed by atoms with Crippen molar-refractivity contribution in [2.24, 2.45) is 5.92 Å². The summed E-state index contributed by atoms with van der Waals surface area (Å²) >= 11 is 0. The molecule has 6 heteroatoms. The number of likely N-dealkylation sites (tertiary alicyclic amines) is 1. The lowest BCUT2D eigenvalue weighted by Crippen LogP contribution is -2.44. The molecule has 1 amide bonds. The number of carboxylic acids is 1. The van der Waals surface area contributed by atoms with E-state index in [9.17, 15) is 9.59 Å². The molecule has 0 saturated carbocycles. The first-order valence-electron chi connectivity index (χ1n) is 7.46. The third kappa shape index (κ3) is 5.04. The van der Waals surface area contributed by atoms with Crippen molar-refractivity contribution in [2.75, 3.05) is 26.4 Å². The highest BCUT2D eigenvalue weighted by Gasteiger charge is 2.24. The topological polar surface area (TPSA) is 78.9 Å². The van der Waals surface area contributed by atoms with Crippen molar-refractivity contribution in [3.63, 3.8) is 0 Å². The predicted octanol–water partition coefficient (Wildman–Crippen LogP) is 1.24. The number of nitrogens with zero attached hydrogens (tertiary/aromatic N) is 1. The maximum Gasteiger partial charge on any atom is 0.306 e. The average Bonchev–Trinajstić information content (AvgIpc) is 2.52. The zero-order chi connectivity index (χ0) is 15.9. The lowest BCUT2D eigenvalue weighted by atomic mass is 9.97. The molecule has 2 rings (SSSR count). The number of benzene rings is 1. The van der Waals surface area contributed by atoms with Crippen LogP contribution in [0.2, 0.25) is 0 Å². The molecular formula is C16H22N2O4. The van der Waals surface area contributed by atoms with E-state index in [4.69, 9.17) is 9.84 Å².